The van der Waals surface area contributed by atoms with Crippen molar-refractivity contribution in [3.8, 4) is 11.4 Å². The molecule has 0 amide bonds. The van der Waals surface area contributed by atoms with Crippen LogP contribution in [0.5, 0.6) is 0 Å². The van der Waals surface area contributed by atoms with Gasteiger partial charge in [-0.1, -0.05) is 29.4 Å². The van der Waals surface area contributed by atoms with Crippen LogP contribution in [0.15, 0.2) is 28.8 Å². The average Bonchev–Trinajstić information content (AvgIpc) is 2.66. The normalized spacial score (nSPS) is 10.4. The van der Waals surface area contributed by atoms with Crippen LogP contribution in [0, 0.1) is 6.92 Å². The molecule has 0 spiro atoms. The maximum Gasteiger partial charge on any atom is 0.234 e. The molecule has 0 aliphatic heterocycles. The SMILES string of the molecule is CC(=O)Cc1nc(-c2ccccc2C)no1. The minimum Gasteiger partial charge on any atom is -0.339 e. The highest BCUT2D eigenvalue weighted by atomic mass is 16.5. The average molecular weight is 216 g/mol. The minimum atomic E-state index is 0.0139. The molecule has 0 saturated heterocycles. The minimum absolute atomic E-state index is 0.0139. The van der Waals surface area contributed by atoms with E-state index in [4.69, 9.17) is 4.52 Å². The standard InChI is InChI=1S/C12H12N2O2/c1-8-5-3-4-6-10(8)12-13-11(16-14-12)7-9(2)15/h3-6H,7H2,1-2H3. The highest BCUT2D eigenvalue weighted by molar-refractivity contribution is 5.77. The van der Waals surface area contributed by atoms with Gasteiger partial charge in [0.15, 0.2) is 0 Å². The van der Waals surface area contributed by atoms with Crippen molar-refractivity contribution in [3.63, 3.8) is 0 Å². The topological polar surface area (TPSA) is 56.0 Å². The first-order valence-corrected chi connectivity index (χ1v) is 5.05. The molecule has 2 aromatic rings. The molecule has 0 N–H and O–H groups in total. The molecule has 4 heteroatoms. The largest absolute Gasteiger partial charge is 0.339 e. The van der Waals surface area contributed by atoms with Crippen molar-refractivity contribution in [1.82, 2.24) is 10.1 Å². The number of hydrogen-bond acceptors (Lipinski definition) is 4. The highest BCUT2D eigenvalue weighted by Crippen LogP contribution is 2.19. The summed E-state index contributed by atoms with van der Waals surface area (Å²) in [5, 5.41) is 3.86. The van der Waals surface area contributed by atoms with Gasteiger partial charge in [0.05, 0.1) is 6.42 Å². The number of benzene rings is 1. The molecule has 0 radical (unpaired) electrons. The van der Waals surface area contributed by atoms with Gasteiger partial charge in [-0.05, 0) is 19.4 Å². The Labute approximate surface area is 93.3 Å². The smallest absolute Gasteiger partial charge is 0.234 e. The fraction of sp³-hybridized carbons (Fsp3) is 0.250. The Morgan fingerprint density at radius 2 is 2.12 bits per heavy atom. The second-order valence-corrected chi connectivity index (χ2v) is 3.71. The monoisotopic (exact) mass is 216 g/mol. The summed E-state index contributed by atoms with van der Waals surface area (Å²) in [7, 11) is 0. The molecular weight excluding hydrogens is 204 g/mol. The van der Waals surface area contributed by atoms with E-state index in [-0.39, 0.29) is 12.2 Å². The third-order valence-electron chi connectivity index (χ3n) is 2.25. The van der Waals surface area contributed by atoms with Gasteiger partial charge in [0, 0.05) is 5.56 Å². The van der Waals surface area contributed by atoms with E-state index >= 15 is 0 Å². The van der Waals surface area contributed by atoms with Crippen molar-refractivity contribution < 1.29 is 9.32 Å². The lowest BCUT2D eigenvalue weighted by Crippen LogP contribution is -1.96. The van der Waals surface area contributed by atoms with Crippen molar-refractivity contribution in [2.24, 2.45) is 0 Å². The Balaban J connectivity index is 2.32. The molecule has 0 saturated carbocycles. The molecule has 0 aliphatic carbocycles. The summed E-state index contributed by atoms with van der Waals surface area (Å²) < 4.78 is 5.00. The number of hydrogen-bond donors (Lipinski definition) is 0. The van der Waals surface area contributed by atoms with Crippen LogP contribution >= 0.6 is 0 Å². The van der Waals surface area contributed by atoms with Crippen LogP contribution in [-0.4, -0.2) is 15.9 Å². The van der Waals surface area contributed by atoms with Crippen LogP contribution in [0.3, 0.4) is 0 Å². The first-order chi connectivity index (χ1) is 7.66. The molecule has 16 heavy (non-hydrogen) atoms. The molecule has 82 valence electrons. The summed E-state index contributed by atoms with van der Waals surface area (Å²) >= 11 is 0. The Hall–Kier alpha value is -1.97. The van der Waals surface area contributed by atoms with Crippen LogP contribution < -0.4 is 0 Å². The van der Waals surface area contributed by atoms with Crippen LogP contribution in [0.1, 0.15) is 18.4 Å². The highest BCUT2D eigenvalue weighted by Gasteiger charge is 2.11. The molecule has 1 heterocycles. The number of aryl methyl sites for hydroxylation is 1. The van der Waals surface area contributed by atoms with E-state index in [1.165, 1.54) is 6.92 Å². The van der Waals surface area contributed by atoms with E-state index in [2.05, 4.69) is 10.1 Å². The Bertz CT molecular complexity index is 517. The van der Waals surface area contributed by atoms with E-state index < -0.39 is 0 Å². The summed E-state index contributed by atoms with van der Waals surface area (Å²) in [4.78, 5) is 15.1. The van der Waals surface area contributed by atoms with Gasteiger partial charge >= 0.3 is 0 Å². The lowest BCUT2D eigenvalue weighted by molar-refractivity contribution is -0.116. The van der Waals surface area contributed by atoms with E-state index in [1.54, 1.807) is 0 Å². The number of ketones is 1. The molecule has 0 unspecified atom stereocenters. The zero-order valence-corrected chi connectivity index (χ0v) is 9.23. The number of rotatable bonds is 3. The number of nitrogens with zero attached hydrogens (tertiary/aromatic N) is 2. The Morgan fingerprint density at radius 3 is 2.81 bits per heavy atom. The zero-order valence-electron chi connectivity index (χ0n) is 9.23. The van der Waals surface area contributed by atoms with Crippen LogP contribution in [0.4, 0.5) is 0 Å². The zero-order chi connectivity index (χ0) is 11.5. The maximum absolute atomic E-state index is 10.9. The fourth-order valence-electron chi connectivity index (χ4n) is 1.47. The van der Waals surface area contributed by atoms with Gasteiger partial charge in [0.2, 0.25) is 11.7 Å². The Kier molecular flexibility index (Phi) is 2.81. The van der Waals surface area contributed by atoms with E-state index in [9.17, 15) is 4.79 Å². The fourth-order valence-corrected chi connectivity index (χ4v) is 1.47. The first-order valence-electron chi connectivity index (χ1n) is 5.05. The molecule has 0 bridgehead atoms. The lowest BCUT2D eigenvalue weighted by atomic mass is 10.1. The molecule has 0 atom stereocenters. The number of Topliss-reactive ketones (excluding diaryl/α,β-unsaturated/α-hetero) is 1. The maximum atomic E-state index is 10.9. The first kappa shape index (κ1) is 10.5. The Morgan fingerprint density at radius 1 is 1.38 bits per heavy atom. The number of carbonyl (C=O) groups excluding carboxylic acids is 1. The predicted molar refractivity (Wildman–Crippen MR) is 58.9 cm³/mol. The third-order valence-corrected chi connectivity index (χ3v) is 2.25. The van der Waals surface area contributed by atoms with Crippen molar-refractivity contribution in [1.29, 1.82) is 0 Å². The van der Waals surface area contributed by atoms with Crippen molar-refractivity contribution in [2.75, 3.05) is 0 Å². The molecule has 0 fully saturated rings. The molecule has 0 aliphatic rings. The summed E-state index contributed by atoms with van der Waals surface area (Å²) in [6, 6.07) is 7.78. The number of carbonyl (C=O) groups is 1. The lowest BCUT2D eigenvalue weighted by Gasteiger charge is -1.97. The van der Waals surface area contributed by atoms with Gasteiger partial charge in [-0.3, -0.25) is 4.79 Å². The van der Waals surface area contributed by atoms with E-state index in [0.717, 1.165) is 11.1 Å². The van der Waals surface area contributed by atoms with Crippen LogP contribution in [0.2, 0.25) is 0 Å². The molecule has 1 aromatic carbocycles. The predicted octanol–water partition coefficient (Wildman–Crippen LogP) is 2.18. The summed E-state index contributed by atoms with van der Waals surface area (Å²) in [5.41, 5.74) is 2.01. The van der Waals surface area contributed by atoms with E-state index in [0.29, 0.717) is 11.7 Å². The quantitative estimate of drug-likeness (QED) is 0.789. The molecule has 4 nitrogen and oxygen atoms in total. The van der Waals surface area contributed by atoms with Crippen LogP contribution in [-0.2, 0) is 11.2 Å². The number of aromatic nitrogens is 2. The third kappa shape index (κ3) is 2.16. The van der Waals surface area contributed by atoms with Gasteiger partial charge < -0.3 is 4.52 Å². The van der Waals surface area contributed by atoms with Crippen molar-refractivity contribution in [2.45, 2.75) is 20.3 Å². The van der Waals surface area contributed by atoms with Gasteiger partial charge in [0.25, 0.3) is 0 Å². The van der Waals surface area contributed by atoms with E-state index in [1.807, 2.05) is 31.2 Å². The molecule has 2 rings (SSSR count). The molecule has 1 aromatic heterocycles. The van der Waals surface area contributed by atoms with Crippen molar-refractivity contribution in [3.05, 3.63) is 35.7 Å². The second-order valence-electron chi connectivity index (χ2n) is 3.71. The summed E-state index contributed by atoms with van der Waals surface area (Å²) in [6.45, 7) is 3.48. The van der Waals surface area contributed by atoms with Crippen molar-refractivity contribution >= 4 is 5.78 Å². The summed E-state index contributed by atoms with van der Waals surface area (Å²) in [6.07, 6.45) is 0.193. The molecular formula is C12H12N2O2. The van der Waals surface area contributed by atoms with Gasteiger partial charge in [0.1, 0.15) is 5.78 Å². The van der Waals surface area contributed by atoms with Gasteiger partial charge in [-0.2, -0.15) is 4.98 Å². The van der Waals surface area contributed by atoms with Gasteiger partial charge in [-0.25, -0.2) is 0 Å². The van der Waals surface area contributed by atoms with Gasteiger partial charge in [-0.15, -0.1) is 0 Å². The second kappa shape index (κ2) is 4.26. The summed E-state index contributed by atoms with van der Waals surface area (Å²) in [5.74, 6) is 0.917. The van der Waals surface area contributed by atoms with Crippen LogP contribution in [0.25, 0.3) is 11.4 Å².